The minimum atomic E-state index is -0.611. The first-order valence-corrected chi connectivity index (χ1v) is 8.64. The summed E-state index contributed by atoms with van der Waals surface area (Å²) >= 11 is 0. The van der Waals surface area contributed by atoms with Crippen molar-refractivity contribution in [3.63, 3.8) is 0 Å². The lowest BCUT2D eigenvalue weighted by atomic mass is 9.77. The third kappa shape index (κ3) is 3.22. The fourth-order valence-corrected chi connectivity index (χ4v) is 3.20. The zero-order valence-corrected chi connectivity index (χ0v) is 14.6. The maximum absolute atomic E-state index is 10.4. The van der Waals surface area contributed by atoms with Crippen LogP contribution >= 0.6 is 0 Å². The molecule has 1 aliphatic heterocycles. The molecule has 0 aromatic heterocycles. The first-order chi connectivity index (χ1) is 10.8. The molecular weight excluding hydrogens is 291 g/mol. The standard InChI is InChI=1S/C18H27BO4/c1-17(2)18(3,4)23-19(22-17)16-14(20)11-8-12-15(16)21-13-9-6-5-7-10-13/h8,11-13,20H,5-7,9-10H2,1-4H3. The van der Waals surface area contributed by atoms with Crippen molar-refractivity contribution >= 4 is 12.6 Å². The Morgan fingerprint density at radius 1 is 1.04 bits per heavy atom. The molecule has 23 heavy (non-hydrogen) atoms. The van der Waals surface area contributed by atoms with Gasteiger partial charge >= 0.3 is 7.12 Å². The molecule has 126 valence electrons. The first-order valence-electron chi connectivity index (χ1n) is 8.64. The summed E-state index contributed by atoms with van der Waals surface area (Å²) in [5, 5.41) is 10.4. The zero-order chi connectivity index (χ0) is 16.7. The molecule has 1 saturated heterocycles. The average Bonchev–Trinajstić information content (AvgIpc) is 2.68. The van der Waals surface area contributed by atoms with Crippen LogP contribution in [0.3, 0.4) is 0 Å². The second kappa shape index (κ2) is 6.02. The summed E-state index contributed by atoms with van der Waals surface area (Å²) in [5.41, 5.74) is -0.277. The maximum Gasteiger partial charge on any atom is 0.502 e. The number of aromatic hydroxyl groups is 1. The highest BCUT2D eigenvalue weighted by atomic mass is 16.7. The zero-order valence-electron chi connectivity index (χ0n) is 14.6. The molecule has 0 unspecified atom stereocenters. The Labute approximate surface area is 139 Å². The van der Waals surface area contributed by atoms with Gasteiger partial charge in [0.05, 0.1) is 22.8 Å². The number of phenols is 1. The highest BCUT2D eigenvalue weighted by molar-refractivity contribution is 6.64. The van der Waals surface area contributed by atoms with Crippen molar-refractivity contribution in [1.29, 1.82) is 0 Å². The van der Waals surface area contributed by atoms with E-state index in [4.69, 9.17) is 14.0 Å². The predicted octanol–water partition coefficient (Wildman–Crippen LogP) is 3.40. The Balaban J connectivity index is 1.87. The van der Waals surface area contributed by atoms with E-state index < -0.39 is 18.3 Å². The van der Waals surface area contributed by atoms with Crippen molar-refractivity contribution in [2.75, 3.05) is 0 Å². The Morgan fingerprint density at radius 3 is 2.26 bits per heavy atom. The molecule has 0 radical (unpaired) electrons. The van der Waals surface area contributed by atoms with Gasteiger partial charge < -0.3 is 19.2 Å². The lowest BCUT2D eigenvalue weighted by molar-refractivity contribution is 0.00578. The van der Waals surface area contributed by atoms with Crippen molar-refractivity contribution in [1.82, 2.24) is 0 Å². The van der Waals surface area contributed by atoms with Gasteiger partial charge in [-0.25, -0.2) is 0 Å². The van der Waals surface area contributed by atoms with Crippen molar-refractivity contribution < 1.29 is 19.2 Å². The SMILES string of the molecule is CC1(C)OB(c2c(O)cccc2OC2CCCCC2)OC1(C)C. The molecular formula is C18H27BO4. The van der Waals surface area contributed by atoms with Gasteiger partial charge in [0.1, 0.15) is 11.5 Å². The van der Waals surface area contributed by atoms with Crippen LogP contribution in [0.25, 0.3) is 0 Å². The summed E-state index contributed by atoms with van der Waals surface area (Å²) in [6.45, 7) is 8.03. The van der Waals surface area contributed by atoms with E-state index in [-0.39, 0.29) is 11.9 Å². The van der Waals surface area contributed by atoms with Crippen molar-refractivity contribution in [3.8, 4) is 11.5 Å². The van der Waals surface area contributed by atoms with Crippen molar-refractivity contribution in [2.45, 2.75) is 77.1 Å². The number of hydrogen-bond acceptors (Lipinski definition) is 4. The van der Waals surface area contributed by atoms with Crippen LogP contribution in [0.5, 0.6) is 11.5 Å². The monoisotopic (exact) mass is 318 g/mol. The van der Waals surface area contributed by atoms with Gasteiger partial charge in [-0.1, -0.05) is 12.5 Å². The molecule has 0 amide bonds. The first kappa shape index (κ1) is 16.7. The van der Waals surface area contributed by atoms with Crippen LogP contribution in [0.4, 0.5) is 0 Å². The van der Waals surface area contributed by atoms with E-state index in [1.54, 1.807) is 6.07 Å². The third-order valence-electron chi connectivity index (χ3n) is 5.38. The van der Waals surface area contributed by atoms with E-state index in [1.807, 2.05) is 39.8 Å². The quantitative estimate of drug-likeness (QED) is 0.868. The van der Waals surface area contributed by atoms with Crippen LogP contribution in [0, 0.1) is 0 Å². The molecule has 2 fully saturated rings. The van der Waals surface area contributed by atoms with Crippen molar-refractivity contribution in [3.05, 3.63) is 18.2 Å². The summed E-state index contributed by atoms with van der Waals surface area (Å²) in [6.07, 6.45) is 6.04. The molecule has 2 aliphatic rings. The Kier molecular flexibility index (Phi) is 4.36. The summed E-state index contributed by atoms with van der Waals surface area (Å²) in [4.78, 5) is 0. The molecule has 1 aromatic carbocycles. The smallest absolute Gasteiger partial charge is 0.502 e. The minimum absolute atomic E-state index is 0.164. The molecule has 3 rings (SSSR count). The second-order valence-electron chi connectivity index (χ2n) is 7.66. The van der Waals surface area contributed by atoms with Crippen LogP contribution in [0.15, 0.2) is 18.2 Å². The molecule has 1 saturated carbocycles. The highest BCUT2D eigenvalue weighted by Crippen LogP contribution is 2.38. The minimum Gasteiger partial charge on any atom is -0.508 e. The van der Waals surface area contributed by atoms with Gasteiger partial charge in [0, 0.05) is 0 Å². The lowest BCUT2D eigenvalue weighted by Gasteiger charge is -2.32. The molecule has 1 aliphatic carbocycles. The fraction of sp³-hybridized carbons (Fsp3) is 0.667. The number of phenolic OH excluding ortho intramolecular Hbond substituents is 1. The van der Waals surface area contributed by atoms with E-state index in [2.05, 4.69) is 0 Å². The number of rotatable bonds is 3. The van der Waals surface area contributed by atoms with E-state index in [0.29, 0.717) is 11.2 Å². The molecule has 0 atom stereocenters. The van der Waals surface area contributed by atoms with E-state index in [0.717, 1.165) is 12.8 Å². The summed E-state index contributed by atoms with van der Waals surface area (Å²) in [7, 11) is -0.611. The Hall–Kier alpha value is -1.20. The molecule has 1 aromatic rings. The topological polar surface area (TPSA) is 47.9 Å². The molecule has 0 bridgehead atoms. The van der Waals surface area contributed by atoms with Crippen LogP contribution in [-0.2, 0) is 9.31 Å². The van der Waals surface area contributed by atoms with Crippen LogP contribution < -0.4 is 10.2 Å². The summed E-state index contributed by atoms with van der Waals surface area (Å²) in [6, 6.07) is 5.37. The molecule has 1 N–H and O–H groups in total. The van der Waals surface area contributed by atoms with Crippen LogP contribution in [-0.4, -0.2) is 29.5 Å². The van der Waals surface area contributed by atoms with Gasteiger partial charge in [0.15, 0.2) is 0 Å². The predicted molar refractivity (Wildman–Crippen MR) is 91.3 cm³/mol. The van der Waals surface area contributed by atoms with E-state index in [1.165, 1.54) is 19.3 Å². The average molecular weight is 318 g/mol. The summed E-state index contributed by atoms with van der Waals surface area (Å²) in [5.74, 6) is 0.840. The largest absolute Gasteiger partial charge is 0.508 e. The van der Waals surface area contributed by atoms with Gasteiger partial charge in [-0.2, -0.15) is 0 Å². The summed E-state index contributed by atoms with van der Waals surface area (Å²) < 4.78 is 18.4. The van der Waals surface area contributed by atoms with Gasteiger partial charge in [-0.15, -0.1) is 0 Å². The number of benzene rings is 1. The van der Waals surface area contributed by atoms with Gasteiger partial charge in [0.25, 0.3) is 0 Å². The van der Waals surface area contributed by atoms with Crippen LogP contribution in [0.1, 0.15) is 59.8 Å². The lowest BCUT2D eigenvalue weighted by Crippen LogP contribution is -2.41. The van der Waals surface area contributed by atoms with Crippen LogP contribution in [0.2, 0.25) is 0 Å². The highest BCUT2D eigenvalue weighted by Gasteiger charge is 2.53. The maximum atomic E-state index is 10.4. The van der Waals surface area contributed by atoms with Crippen molar-refractivity contribution in [2.24, 2.45) is 0 Å². The van der Waals surface area contributed by atoms with Gasteiger partial charge in [-0.3, -0.25) is 0 Å². The molecule has 1 heterocycles. The Morgan fingerprint density at radius 2 is 1.65 bits per heavy atom. The molecule has 4 nitrogen and oxygen atoms in total. The van der Waals surface area contributed by atoms with E-state index >= 15 is 0 Å². The normalized spacial score (nSPS) is 23.9. The molecule has 0 spiro atoms. The fourth-order valence-electron chi connectivity index (χ4n) is 3.20. The Bertz CT molecular complexity index is 548. The van der Waals surface area contributed by atoms with Gasteiger partial charge in [-0.05, 0) is 65.5 Å². The van der Waals surface area contributed by atoms with E-state index in [9.17, 15) is 5.11 Å². The number of ether oxygens (including phenoxy) is 1. The third-order valence-corrected chi connectivity index (χ3v) is 5.38. The molecule has 5 heteroatoms. The van der Waals surface area contributed by atoms with Gasteiger partial charge in [0.2, 0.25) is 0 Å². The number of hydrogen-bond donors (Lipinski definition) is 1. The second-order valence-corrected chi connectivity index (χ2v) is 7.66.